The molecule has 0 bridgehead atoms. The number of nitrogens with one attached hydrogen (secondary N) is 1. The number of thioether (sulfide) groups is 1. The van der Waals surface area contributed by atoms with E-state index in [0.29, 0.717) is 50.0 Å². The molecule has 0 fully saturated rings. The summed E-state index contributed by atoms with van der Waals surface area (Å²) in [6, 6.07) is 15.2. The van der Waals surface area contributed by atoms with Crippen LogP contribution in [0.4, 0.5) is 0 Å². The summed E-state index contributed by atoms with van der Waals surface area (Å²) in [5.74, 6) is 2.48. The molecule has 10 heteroatoms. The summed E-state index contributed by atoms with van der Waals surface area (Å²) in [6.45, 7) is 0. The molecule has 0 amide bonds. The minimum absolute atomic E-state index is 0.160. The zero-order valence-corrected chi connectivity index (χ0v) is 19.3. The van der Waals surface area contributed by atoms with Crippen LogP contribution in [0.3, 0.4) is 0 Å². The highest BCUT2D eigenvalue weighted by atomic mass is 32.2. The summed E-state index contributed by atoms with van der Waals surface area (Å²) in [6.07, 6.45) is 0. The second-order valence-corrected chi connectivity index (χ2v) is 8.72. The number of hydrogen-bond donors (Lipinski definition) is 1. The number of nitrogens with zero attached hydrogens (tertiary/aromatic N) is 3. The van der Waals surface area contributed by atoms with E-state index in [-0.39, 0.29) is 5.56 Å². The Morgan fingerprint density at radius 3 is 2.64 bits per heavy atom. The molecule has 5 aromatic rings. The van der Waals surface area contributed by atoms with Crippen molar-refractivity contribution in [1.82, 2.24) is 20.2 Å². The number of methoxy groups -OCH3 is 2. The Morgan fingerprint density at radius 2 is 1.85 bits per heavy atom. The number of benzene rings is 2. The number of thiophene rings is 1. The maximum absolute atomic E-state index is 12.8. The summed E-state index contributed by atoms with van der Waals surface area (Å²) in [4.78, 5) is 21.0. The topological polar surface area (TPSA) is 103 Å². The highest BCUT2D eigenvalue weighted by molar-refractivity contribution is 7.98. The van der Waals surface area contributed by atoms with Crippen molar-refractivity contribution < 1.29 is 13.9 Å². The highest BCUT2D eigenvalue weighted by Crippen LogP contribution is 2.34. The van der Waals surface area contributed by atoms with E-state index in [1.807, 2.05) is 41.8 Å². The monoisotopic (exact) mass is 478 g/mol. The van der Waals surface area contributed by atoms with E-state index in [4.69, 9.17) is 13.9 Å². The van der Waals surface area contributed by atoms with Crippen LogP contribution in [-0.4, -0.2) is 34.4 Å². The van der Waals surface area contributed by atoms with E-state index in [0.717, 1.165) is 11.1 Å². The van der Waals surface area contributed by atoms with E-state index in [2.05, 4.69) is 20.2 Å². The van der Waals surface area contributed by atoms with Crippen LogP contribution in [0.5, 0.6) is 11.5 Å². The molecule has 3 aromatic heterocycles. The molecule has 0 aliphatic rings. The molecule has 0 aliphatic heterocycles. The van der Waals surface area contributed by atoms with Crippen LogP contribution in [0, 0.1) is 0 Å². The number of fused-ring (bicyclic) bond motifs is 1. The molecule has 0 saturated heterocycles. The summed E-state index contributed by atoms with van der Waals surface area (Å²) in [7, 11) is 3.14. The highest BCUT2D eigenvalue weighted by Gasteiger charge is 2.15. The Hall–Kier alpha value is -3.63. The summed E-state index contributed by atoms with van der Waals surface area (Å²) < 4.78 is 16.4. The zero-order chi connectivity index (χ0) is 22.8. The number of hydrogen-bond acceptors (Lipinski definition) is 9. The van der Waals surface area contributed by atoms with Crippen molar-refractivity contribution in [2.24, 2.45) is 0 Å². The van der Waals surface area contributed by atoms with Gasteiger partial charge in [0.05, 0.1) is 25.4 Å². The van der Waals surface area contributed by atoms with Crippen molar-refractivity contribution in [3.05, 3.63) is 70.1 Å². The Labute approximate surface area is 196 Å². The maximum Gasteiger partial charge on any atom is 0.277 e. The minimum atomic E-state index is -0.160. The van der Waals surface area contributed by atoms with Gasteiger partial charge in [0.15, 0.2) is 11.5 Å². The van der Waals surface area contributed by atoms with Gasteiger partial charge in [-0.2, -0.15) is 0 Å². The molecule has 1 N–H and O–H groups in total. The van der Waals surface area contributed by atoms with Gasteiger partial charge in [-0.1, -0.05) is 42.1 Å². The summed E-state index contributed by atoms with van der Waals surface area (Å²) in [5.41, 5.74) is 2.44. The maximum atomic E-state index is 12.8. The van der Waals surface area contributed by atoms with Crippen LogP contribution >= 0.6 is 23.1 Å². The molecule has 0 radical (unpaired) electrons. The fraction of sp³-hybridized carbons (Fsp3) is 0.130. The van der Waals surface area contributed by atoms with Crippen molar-refractivity contribution in [1.29, 1.82) is 0 Å². The fourth-order valence-electron chi connectivity index (χ4n) is 3.38. The third kappa shape index (κ3) is 4.22. The number of aromatic nitrogens is 4. The number of aromatic amines is 1. The van der Waals surface area contributed by atoms with Crippen LogP contribution in [0.2, 0.25) is 0 Å². The Balaban J connectivity index is 1.35. The standard InChI is InChI=1S/C23H18N4O4S2/c1-29-16-9-8-14(10-17(16)30-2)21-26-27-23(31-21)33-12-18-24-20(28)19-15(11-32-22(19)25-18)13-6-4-3-5-7-13/h3-11H,12H2,1-2H3,(H,24,25,28). The molecule has 0 unspecified atom stereocenters. The third-order valence-electron chi connectivity index (χ3n) is 4.95. The molecular formula is C23H18N4O4S2. The summed E-state index contributed by atoms with van der Waals surface area (Å²) in [5, 5.41) is 11.1. The summed E-state index contributed by atoms with van der Waals surface area (Å²) >= 11 is 2.76. The fourth-order valence-corrected chi connectivity index (χ4v) is 4.98. The molecule has 0 spiro atoms. The van der Waals surface area contributed by atoms with Crippen molar-refractivity contribution in [2.45, 2.75) is 11.0 Å². The van der Waals surface area contributed by atoms with Gasteiger partial charge < -0.3 is 18.9 Å². The normalized spacial score (nSPS) is 11.1. The van der Waals surface area contributed by atoms with E-state index in [1.54, 1.807) is 26.4 Å². The predicted molar refractivity (Wildman–Crippen MR) is 128 cm³/mol. The molecule has 8 nitrogen and oxygen atoms in total. The van der Waals surface area contributed by atoms with Crippen molar-refractivity contribution in [3.8, 4) is 34.1 Å². The first-order valence-electron chi connectivity index (χ1n) is 9.91. The Morgan fingerprint density at radius 1 is 1.03 bits per heavy atom. The lowest BCUT2D eigenvalue weighted by atomic mass is 10.1. The van der Waals surface area contributed by atoms with E-state index in [9.17, 15) is 4.79 Å². The lowest BCUT2D eigenvalue weighted by Gasteiger charge is -2.07. The second-order valence-electron chi connectivity index (χ2n) is 6.94. The number of ether oxygens (including phenoxy) is 2. The average Bonchev–Trinajstić information content (AvgIpc) is 3.50. The van der Waals surface area contributed by atoms with Crippen LogP contribution < -0.4 is 15.0 Å². The Bertz CT molecular complexity index is 1480. The molecular weight excluding hydrogens is 460 g/mol. The van der Waals surface area contributed by atoms with Gasteiger partial charge in [-0.05, 0) is 23.8 Å². The van der Waals surface area contributed by atoms with Crippen LogP contribution in [0.15, 0.2) is 68.3 Å². The third-order valence-corrected chi connectivity index (χ3v) is 6.65. The molecule has 0 aliphatic carbocycles. The van der Waals surface area contributed by atoms with Gasteiger partial charge in [-0.25, -0.2) is 4.98 Å². The van der Waals surface area contributed by atoms with Crippen LogP contribution in [0.25, 0.3) is 32.8 Å². The van der Waals surface area contributed by atoms with Gasteiger partial charge in [0.1, 0.15) is 10.7 Å². The van der Waals surface area contributed by atoms with Crippen molar-refractivity contribution in [2.75, 3.05) is 14.2 Å². The van der Waals surface area contributed by atoms with Crippen molar-refractivity contribution in [3.63, 3.8) is 0 Å². The average molecular weight is 479 g/mol. The van der Waals surface area contributed by atoms with Crippen molar-refractivity contribution >= 4 is 33.3 Å². The first-order valence-corrected chi connectivity index (χ1v) is 11.8. The van der Waals surface area contributed by atoms with E-state index in [1.165, 1.54) is 23.1 Å². The largest absolute Gasteiger partial charge is 0.493 e. The number of rotatable bonds is 7. The second kappa shape index (κ2) is 9.08. The molecule has 0 atom stereocenters. The molecule has 2 aromatic carbocycles. The smallest absolute Gasteiger partial charge is 0.277 e. The van der Waals surface area contributed by atoms with E-state index < -0.39 is 0 Å². The molecule has 3 heterocycles. The lowest BCUT2D eigenvalue weighted by Crippen LogP contribution is -2.10. The Kier molecular flexibility index (Phi) is 5.84. The van der Waals surface area contributed by atoms with Crippen LogP contribution in [0.1, 0.15) is 5.82 Å². The predicted octanol–water partition coefficient (Wildman–Crippen LogP) is 5.01. The van der Waals surface area contributed by atoms with Gasteiger partial charge in [0, 0.05) is 16.5 Å². The SMILES string of the molecule is COc1ccc(-c2nnc(SCc3nc4scc(-c5ccccc5)c4c(=O)[nH]3)o2)cc1OC. The van der Waals surface area contributed by atoms with Gasteiger partial charge >= 0.3 is 0 Å². The van der Waals surface area contributed by atoms with Crippen LogP contribution in [-0.2, 0) is 5.75 Å². The first kappa shape index (κ1) is 21.2. The minimum Gasteiger partial charge on any atom is -0.493 e. The lowest BCUT2D eigenvalue weighted by molar-refractivity contribution is 0.355. The van der Waals surface area contributed by atoms with Gasteiger partial charge in [-0.15, -0.1) is 21.5 Å². The number of H-pyrrole nitrogens is 1. The zero-order valence-electron chi connectivity index (χ0n) is 17.7. The first-order chi connectivity index (χ1) is 16.2. The van der Waals surface area contributed by atoms with Gasteiger partial charge in [0.25, 0.3) is 10.8 Å². The molecule has 166 valence electrons. The van der Waals surface area contributed by atoms with E-state index >= 15 is 0 Å². The molecule has 0 saturated carbocycles. The molecule has 5 rings (SSSR count). The molecule has 33 heavy (non-hydrogen) atoms. The quantitative estimate of drug-likeness (QED) is 0.326. The van der Waals surface area contributed by atoms with Gasteiger partial charge in [-0.3, -0.25) is 4.79 Å². The van der Waals surface area contributed by atoms with Gasteiger partial charge in [0.2, 0.25) is 5.89 Å².